The highest BCUT2D eigenvalue weighted by molar-refractivity contribution is 5.79. The summed E-state index contributed by atoms with van der Waals surface area (Å²) < 4.78 is 54.7. The number of ether oxygens (including phenoxy) is 3. The van der Waals surface area contributed by atoms with Crippen molar-refractivity contribution in [1.82, 2.24) is 14.9 Å². The van der Waals surface area contributed by atoms with E-state index in [4.69, 9.17) is 20.2 Å². The minimum absolute atomic E-state index is 0.0514. The van der Waals surface area contributed by atoms with Crippen LogP contribution in [-0.4, -0.2) is 40.6 Å². The molecule has 4 rings (SSSR count). The van der Waals surface area contributed by atoms with Crippen LogP contribution in [0.5, 0.6) is 17.2 Å². The van der Waals surface area contributed by atoms with Crippen molar-refractivity contribution in [3.8, 4) is 17.2 Å². The first kappa shape index (κ1) is 23.8. The average Bonchev–Trinajstić information content (AvgIpc) is 3.41. The number of carbonyl (C=O) groups is 1. The fraction of sp³-hybridized carbons (Fsp3) is 0.391. The Kier molecular flexibility index (Phi) is 6.94. The molecule has 8 nitrogen and oxygen atoms in total. The van der Waals surface area contributed by atoms with Gasteiger partial charge in [-0.2, -0.15) is 0 Å². The molecule has 182 valence electrons. The van der Waals surface area contributed by atoms with Crippen LogP contribution in [0.15, 0.2) is 42.5 Å². The van der Waals surface area contributed by atoms with Gasteiger partial charge in [0.15, 0.2) is 0 Å². The number of hydrogen-bond acceptors (Lipinski definition) is 6. The van der Waals surface area contributed by atoms with Crippen LogP contribution in [0.1, 0.15) is 25.6 Å². The molecule has 1 aromatic heterocycles. The average molecular weight is 478 g/mol. The van der Waals surface area contributed by atoms with E-state index in [1.165, 1.54) is 24.3 Å². The summed E-state index contributed by atoms with van der Waals surface area (Å²) in [6.45, 7) is 3.33. The van der Waals surface area contributed by atoms with E-state index in [1.807, 2.05) is 10.6 Å². The molecule has 3 aromatic rings. The van der Waals surface area contributed by atoms with Gasteiger partial charge in [0.25, 0.3) is 0 Å². The van der Waals surface area contributed by atoms with Gasteiger partial charge in [-0.25, -0.2) is 4.98 Å². The van der Waals surface area contributed by atoms with Gasteiger partial charge in [0.1, 0.15) is 23.1 Å². The van der Waals surface area contributed by atoms with Crippen molar-refractivity contribution in [2.24, 2.45) is 5.73 Å². The van der Waals surface area contributed by atoms with Crippen LogP contribution in [0, 0.1) is 0 Å². The van der Waals surface area contributed by atoms with Crippen molar-refractivity contribution in [3.05, 3.63) is 48.3 Å². The largest absolute Gasteiger partial charge is 0.573 e. The second-order valence-electron chi connectivity index (χ2n) is 8.05. The molecule has 1 aliphatic heterocycles. The number of halogens is 3. The molecule has 0 bridgehead atoms. The van der Waals surface area contributed by atoms with Crippen molar-refractivity contribution in [1.29, 1.82) is 0 Å². The van der Waals surface area contributed by atoms with Gasteiger partial charge >= 0.3 is 6.36 Å². The van der Waals surface area contributed by atoms with Crippen LogP contribution < -0.4 is 20.5 Å². The van der Waals surface area contributed by atoms with E-state index in [0.29, 0.717) is 31.2 Å². The zero-order valence-corrected chi connectivity index (χ0v) is 18.5. The van der Waals surface area contributed by atoms with Gasteiger partial charge in [-0.15, -0.1) is 13.2 Å². The number of fused-ring (bicyclic) bond motifs is 1. The van der Waals surface area contributed by atoms with Crippen LogP contribution >= 0.6 is 0 Å². The maximum Gasteiger partial charge on any atom is 0.573 e. The topological polar surface area (TPSA) is 101 Å². The first-order valence-electron chi connectivity index (χ1n) is 10.8. The quantitative estimate of drug-likeness (QED) is 0.484. The second-order valence-corrected chi connectivity index (χ2v) is 8.05. The molecule has 0 spiro atoms. The molecule has 0 saturated carbocycles. The van der Waals surface area contributed by atoms with E-state index < -0.39 is 18.3 Å². The molecule has 2 heterocycles. The van der Waals surface area contributed by atoms with Gasteiger partial charge in [-0.1, -0.05) is 0 Å². The molecule has 0 unspecified atom stereocenters. The predicted molar refractivity (Wildman–Crippen MR) is 117 cm³/mol. The molecule has 2 atom stereocenters. The molecule has 11 heteroatoms. The Morgan fingerprint density at radius 1 is 1.24 bits per heavy atom. The van der Waals surface area contributed by atoms with Gasteiger partial charge in [0, 0.05) is 12.7 Å². The first-order valence-corrected chi connectivity index (χ1v) is 10.8. The lowest BCUT2D eigenvalue weighted by atomic mass is 10.2. The first-order chi connectivity index (χ1) is 16.2. The number of hydrogen-bond donors (Lipinski definition) is 2. The van der Waals surface area contributed by atoms with E-state index in [-0.39, 0.29) is 11.9 Å². The number of amides is 1. The summed E-state index contributed by atoms with van der Waals surface area (Å²) in [6, 6.07) is 10.0. The Morgan fingerprint density at radius 3 is 2.59 bits per heavy atom. The fourth-order valence-corrected chi connectivity index (χ4v) is 3.74. The molecule has 1 saturated heterocycles. The monoisotopic (exact) mass is 478 g/mol. The van der Waals surface area contributed by atoms with Gasteiger partial charge in [-0.3, -0.25) is 10.1 Å². The number of nitrogens with two attached hydrogens (primary N) is 1. The van der Waals surface area contributed by atoms with E-state index >= 15 is 0 Å². The lowest BCUT2D eigenvalue weighted by molar-refractivity contribution is -0.274. The predicted octanol–water partition coefficient (Wildman–Crippen LogP) is 3.87. The summed E-state index contributed by atoms with van der Waals surface area (Å²) in [6.07, 6.45) is -2.77. The third kappa shape index (κ3) is 5.97. The fourth-order valence-electron chi connectivity index (χ4n) is 3.74. The number of primary amides is 1. The number of rotatable bonds is 9. The van der Waals surface area contributed by atoms with Crippen LogP contribution in [-0.2, 0) is 22.6 Å². The lowest BCUT2D eigenvalue weighted by Crippen LogP contribution is -2.38. The number of imidazole rings is 1. The van der Waals surface area contributed by atoms with Crippen molar-refractivity contribution >= 4 is 16.9 Å². The number of benzene rings is 2. The Labute approximate surface area is 193 Å². The number of nitrogens with one attached hydrogen (secondary N) is 1. The Morgan fingerprint density at radius 2 is 1.94 bits per heavy atom. The SMILES string of the molecule is C[C@H](NCc1nc2ccc(Oc3ccc(OC(F)(F)F)cc3)cc2n1C[C@H]1CCCO1)C(N)=O. The van der Waals surface area contributed by atoms with Crippen molar-refractivity contribution in [3.63, 3.8) is 0 Å². The summed E-state index contributed by atoms with van der Waals surface area (Å²) in [5.74, 6) is 0.799. The zero-order valence-electron chi connectivity index (χ0n) is 18.5. The van der Waals surface area contributed by atoms with Crippen molar-refractivity contribution in [2.75, 3.05) is 6.61 Å². The Balaban J connectivity index is 1.57. The van der Waals surface area contributed by atoms with E-state index in [2.05, 4.69) is 10.1 Å². The van der Waals surface area contributed by atoms with Crippen molar-refractivity contribution < 1.29 is 32.2 Å². The third-order valence-corrected chi connectivity index (χ3v) is 5.50. The summed E-state index contributed by atoms with van der Waals surface area (Å²) in [5.41, 5.74) is 6.90. The number of alkyl halides is 3. The van der Waals surface area contributed by atoms with Crippen LogP contribution in [0.2, 0.25) is 0 Å². The third-order valence-electron chi connectivity index (χ3n) is 5.50. The molecule has 0 aliphatic carbocycles. The highest BCUT2D eigenvalue weighted by Crippen LogP contribution is 2.30. The van der Waals surface area contributed by atoms with E-state index in [1.54, 1.807) is 19.1 Å². The zero-order chi connectivity index (χ0) is 24.3. The second kappa shape index (κ2) is 9.90. The smallest absolute Gasteiger partial charge is 0.457 e. The molecular weight excluding hydrogens is 453 g/mol. The molecule has 2 aromatic carbocycles. The molecule has 0 radical (unpaired) electrons. The van der Waals surface area contributed by atoms with Gasteiger partial charge in [0.2, 0.25) is 5.91 Å². The highest BCUT2D eigenvalue weighted by atomic mass is 19.4. The molecule has 1 fully saturated rings. The molecule has 1 amide bonds. The normalized spacial score (nSPS) is 17.1. The number of aromatic nitrogens is 2. The van der Waals surface area contributed by atoms with Crippen LogP contribution in [0.4, 0.5) is 13.2 Å². The summed E-state index contributed by atoms with van der Waals surface area (Å²) in [4.78, 5) is 16.1. The molecule has 34 heavy (non-hydrogen) atoms. The standard InChI is InChI=1S/C23H25F3N4O4/c1-14(22(27)31)28-12-21-29-19-9-8-17(11-20(19)30(21)13-18-3-2-10-32-18)33-15-4-6-16(7-5-15)34-23(24,25)26/h4-9,11,14,18,28H,2-3,10,12-13H2,1H3,(H2,27,31)/t14-,18+/m0/s1. The van der Waals surface area contributed by atoms with Crippen LogP contribution in [0.3, 0.4) is 0 Å². The number of carbonyl (C=O) groups excluding carboxylic acids is 1. The maximum atomic E-state index is 12.4. The molecule has 1 aliphatic rings. The summed E-state index contributed by atoms with van der Waals surface area (Å²) in [5, 5.41) is 3.08. The summed E-state index contributed by atoms with van der Waals surface area (Å²) >= 11 is 0. The van der Waals surface area contributed by atoms with Gasteiger partial charge in [0.05, 0.1) is 36.3 Å². The maximum absolute atomic E-state index is 12.4. The van der Waals surface area contributed by atoms with E-state index in [9.17, 15) is 18.0 Å². The molecular formula is C23H25F3N4O4. The minimum Gasteiger partial charge on any atom is -0.457 e. The summed E-state index contributed by atoms with van der Waals surface area (Å²) in [7, 11) is 0. The molecule has 3 N–H and O–H groups in total. The Hall–Kier alpha value is -3.31. The Bertz CT molecular complexity index is 1140. The van der Waals surface area contributed by atoms with Gasteiger partial charge < -0.3 is 24.5 Å². The minimum atomic E-state index is -4.75. The van der Waals surface area contributed by atoms with Crippen LogP contribution in [0.25, 0.3) is 11.0 Å². The van der Waals surface area contributed by atoms with Crippen molar-refractivity contribution in [2.45, 2.75) is 51.4 Å². The highest BCUT2D eigenvalue weighted by Gasteiger charge is 2.31. The van der Waals surface area contributed by atoms with Gasteiger partial charge in [-0.05, 0) is 56.2 Å². The van der Waals surface area contributed by atoms with E-state index in [0.717, 1.165) is 29.7 Å². The number of nitrogens with zero attached hydrogens (tertiary/aromatic N) is 2. The lowest BCUT2D eigenvalue weighted by Gasteiger charge is -2.16.